The zero-order chi connectivity index (χ0) is 23.2. The van der Waals surface area contributed by atoms with Crippen molar-refractivity contribution in [2.45, 2.75) is 33.0 Å². The van der Waals surface area contributed by atoms with E-state index in [0.29, 0.717) is 5.56 Å². The summed E-state index contributed by atoms with van der Waals surface area (Å²) < 4.78 is 46.3. The monoisotopic (exact) mass is 440 g/mol. The minimum Gasteiger partial charge on any atom is -0.483 e. The largest absolute Gasteiger partial charge is 0.483 e. The molecule has 2 aromatic heterocycles. The van der Waals surface area contributed by atoms with E-state index in [4.69, 9.17) is 4.74 Å². The molecule has 0 aliphatic carbocycles. The van der Waals surface area contributed by atoms with Gasteiger partial charge in [-0.2, -0.15) is 18.2 Å². The second kappa shape index (κ2) is 10.1. The van der Waals surface area contributed by atoms with Crippen LogP contribution in [-0.2, 0) is 4.79 Å². The van der Waals surface area contributed by atoms with Gasteiger partial charge in [-0.05, 0) is 30.7 Å². The summed E-state index contributed by atoms with van der Waals surface area (Å²) in [6.07, 6.45) is -3.43. The van der Waals surface area contributed by atoms with Crippen LogP contribution in [0.3, 0.4) is 0 Å². The minimum absolute atomic E-state index is 0.000522. The topological polar surface area (TPSA) is 102 Å². The average Bonchev–Trinajstić information content (AvgIpc) is 2.71. The number of halogens is 3. The third-order valence-electron chi connectivity index (χ3n) is 4.03. The Balaban J connectivity index is 2.09. The SMILES string of the molecule is COc1cc(C(C)NC(=O)c2ccc(OCC(F)(F)F)cn2)cc(NC(=O)C(C)C)n1. The molecule has 2 rings (SSSR count). The second-order valence-electron chi connectivity index (χ2n) is 6.95. The standard InChI is InChI=1S/C20H23F3N4O4/c1-11(2)18(28)27-16-7-13(8-17(26-16)30-4)12(3)25-19(29)15-6-5-14(9-24-15)31-10-20(21,22)23/h5-9,11-12H,10H2,1-4H3,(H,25,29)(H,26,27,28). The highest BCUT2D eigenvalue weighted by Gasteiger charge is 2.28. The summed E-state index contributed by atoms with van der Waals surface area (Å²) in [5.74, 6) is -0.590. The Morgan fingerprint density at radius 2 is 1.87 bits per heavy atom. The van der Waals surface area contributed by atoms with E-state index < -0.39 is 24.7 Å². The number of alkyl halides is 3. The third kappa shape index (κ3) is 7.43. The Bertz CT molecular complexity index is 918. The lowest BCUT2D eigenvalue weighted by atomic mass is 10.1. The van der Waals surface area contributed by atoms with Crippen LogP contribution in [0.4, 0.5) is 19.0 Å². The first-order chi connectivity index (χ1) is 14.5. The number of hydrogen-bond acceptors (Lipinski definition) is 6. The molecule has 0 fully saturated rings. The van der Waals surface area contributed by atoms with Gasteiger partial charge >= 0.3 is 6.18 Å². The molecule has 31 heavy (non-hydrogen) atoms. The van der Waals surface area contributed by atoms with Crippen molar-refractivity contribution in [2.75, 3.05) is 19.0 Å². The third-order valence-corrected chi connectivity index (χ3v) is 4.03. The van der Waals surface area contributed by atoms with Crippen LogP contribution < -0.4 is 20.1 Å². The predicted molar refractivity (Wildman–Crippen MR) is 106 cm³/mol. The molecule has 0 aromatic carbocycles. The van der Waals surface area contributed by atoms with Crippen LogP contribution in [0, 0.1) is 5.92 Å². The first kappa shape index (κ1) is 23.9. The van der Waals surface area contributed by atoms with Crippen LogP contribution in [0.25, 0.3) is 0 Å². The molecule has 0 spiro atoms. The van der Waals surface area contributed by atoms with Gasteiger partial charge in [-0.25, -0.2) is 4.98 Å². The summed E-state index contributed by atoms with van der Waals surface area (Å²) in [6.45, 7) is 3.75. The molecular weight excluding hydrogens is 417 g/mol. The Morgan fingerprint density at radius 1 is 1.16 bits per heavy atom. The lowest BCUT2D eigenvalue weighted by Crippen LogP contribution is -2.27. The van der Waals surface area contributed by atoms with E-state index in [2.05, 4.69) is 25.3 Å². The number of nitrogens with zero attached hydrogens (tertiary/aromatic N) is 2. The van der Waals surface area contributed by atoms with Gasteiger partial charge in [0.25, 0.3) is 5.91 Å². The second-order valence-corrected chi connectivity index (χ2v) is 6.95. The van der Waals surface area contributed by atoms with E-state index in [9.17, 15) is 22.8 Å². The van der Waals surface area contributed by atoms with Crippen LogP contribution in [0.5, 0.6) is 11.6 Å². The number of hydrogen-bond donors (Lipinski definition) is 2. The number of carbonyl (C=O) groups excluding carboxylic acids is 2. The fraction of sp³-hybridized carbons (Fsp3) is 0.400. The lowest BCUT2D eigenvalue weighted by Gasteiger charge is -2.17. The summed E-state index contributed by atoms with van der Waals surface area (Å²) in [6, 6.07) is 5.19. The van der Waals surface area contributed by atoms with Crippen molar-refractivity contribution in [1.82, 2.24) is 15.3 Å². The molecule has 0 aliphatic heterocycles. The zero-order valence-corrected chi connectivity index (χ0v) is 17.4. The number of rotatable bonds is 8. The van der Waals surface area contributed by atoms with Gasteiger partial charge < -0.3 is 20.1 Å². The summed E-state index contributed by atoms with van der Waals surface area (Å²) in [4.78, 5) is 32.4. The molecular formula is C20H23F3N4O4. The van der Waals surface area contributed by atoms with Gasteiger partial charge in [0.05, 0.1) is 19.3 Å². The number of methoxy groups -OCH3 is 1. The Kier molecular flexibility index (Phi) is 7.78. The summed E-state index contributed by atoms with van der Waals surface area (Å²) >= 11 is 0. The predicted octanol–water partition coefficient (Wildman–Crippen LogP) is 3.51. The van der Waals surface area contributed by atoms with Crippen LogP contribution in [0.15, 0.2) is 30.5 Å². The molecule has 2 N–H and O–H groups in total. The Hall–Kier alpha value is -3.37. The fourth-order valence-corrected chi connectivity index (χ4v) is 2.33. The quantitative estimate of drug-likeness (QED) is 0.651. The molecule has 8 nitrogen and oxygen atoms in total. The van der Waals surface area contributed by atoms with Crippen LogP contribution in [-0.4, -0.2) is 41.7 Å². The van der Waals surface area contributed by atoms with Gasteiger partial charge in [-0.1, -0.05) is 13.8 Å². The van der Waals surface area contributed by atoms with Gasteiger partial charge in [0.2, 0.25) is 11.8 Å². The number of nitrogens with one attached hydrogen (secondary N) is 2. The Morgan fingerprint density at radius 3 is 2.42 bits per heavy atom. The van der Waals surface area contributed by atoms with Crippen LogP contribution in [0.1, 0.15) is 42.9 Å². The highest BCUT2D eigenvalue weighted by atomic mass is 19.4. The molecule has 0 bridgehead atoms. The van der Waals surface area contributed by atoms with Crippen LogP contribution in [0.2, 0.25) is 0 Å². The van der Waals surface area contributed by atoms with E-state index in [1.807, 2.05) is 0 Å². The molecule has 2 aromatic rings. The first-order valence-corrected chi connectivity index (χ1v) is 9.32. The van der Waals surface area contributed by atoms with Crippen molar-refractivity contribution in [3.8, 4) is 11.6 Å². The molecule has 0 saturated heterocycles. The minimum atomic E-state index is -4.47. The number of amides is 2. The number of pyridine rings is 2. The summed E-state index contributed by atoms with van der Waals surface area (Å²) in [7, 11) is 1.43. The van der Waals surface area contributed by atoms with Gasteiger partial charge in [0, 0.05) is 12.0 Å². The van der Waals surface area contributed by atoms with Crippen molar-refractivity contribution in [2.24, 2.45) is 5.92 Å². The molecule has 168 valence electrons. The van der Waals surface area contributed by atoms with E-state index in [0.717, 1.165) is 6.20 Å². The van der Waals surface area contributed by atoms with Gasteiger partial charge in [0.1, 0.15) is 17.3 Å². The molecule has 2 heterocycles. The first-order valence-electron chi connectivity index (χ1n) is 9.32. The van der Waals surface area contributed by atoms with E-state index in [1.54, 1.807) is 32.9 Å². The maximum absolute atomic E-state index is 12.5. The van der Waals surface area contributed by atoms with Crippen LogP contribution >= 0.6 is 0 Å². The van der Waals surface area contributed by atoms with Gasteiger partial charge in [-0.15, -0.1) is 0 Å². The maximum atomic E-state index is 12.5. The number of aromatic nitrogens is 2. The van der Waals surface area contributed by atoms with Gasteiger partial charge in [0.15, 0.2) is 6.61 Å². The van der Waals surface area contributed by atoms with E-state index >= 15 is 0 Å². The maximum Gasteiger partial charge on any atom is 0.422 e. The molecule has 0 saturated carbocycles. The van der Waals surface area contributed by atoms with Crippen molar-refractivity contribution in [1.29, 1.82) is 0 Å². The molecule has 1 atom stereocenters. The fourth-order valence-electron chi connectivity index (χ4n) is 2.33. The molecule has 0 aliphatic rings. The van der Waals surface area contributed by atoms with E-state index in [-0.39, 0.29) is 35.0 Å². The molecule has 11 heteroatoms. The van der Waals surface area contributed by atoms with Gasteiger partial charge in [-0.3, -0.25) is 9.59 Å². The van der Waals surface area contributed by atoms with Crippen molar-refractivity contribution < 1.29 is 32.2 Å². The summed E-state index contributed by atoms with van der Waals surface area (Å²) in [5.41, 5.74) is 0.616. The highest BCUT2D eigenvalue weighted by Crippen LogP contribution is 2.23. The zero-order valence-electron chi connectivity index (χ0n) is 17.4. The Labute approximate surface area is 177 Å². The van der Waals surface area contributed by atoms with Crippen molar-refractivity contribution in [3.05, 3.63) is 41.7 Å². The number of anilines is 1. The highest BCUT2D eigenvalue weighted by molar-refractivity contribution is 5.93. The lowest BCUT2D eigenvalue weighted by molar-refractivity contribution is -0.153. The molecule has 2 amide bonds. The number of carbonyl (C=O) groups is 2. The van der Waals surface area contributed by atoms with Crippen molar-refractivity contribution >= 4 is 17.6 Å². The van der Waals surface area contributed by atoms with Crippen molar-refractivity contribution in [3.63, 3.8) is 0 Å². The normalized spacial score (nSPS) is 12.3. The average molecular weight is 440 g/mol. The van der Waals surface area contributed by atoms with E-state index in [1.165, 1.54) is 19.2 Å². The molecule has 0 radical (unpaired) electrons. The number of ether oxygens (including phenoxy) is 2. The molecule has 1 unspecified atom stereocenters. The summed E-state index contributed by atoms with van der Waals surface area (Å²) in [5, 5.41) is 5.40. The smallest absolute Gasteiger partial charge is 0.422 e.